The zero-order valence-corrected chi connectivity index (χ0v) is 12.8. The summed E-state index contributed by atoms with van der Waals surface area (Å²) in [6.07, 6.45) is 1.88. The molecule has 1 N–H and O–H groups in total. The number of aromatic nitrogens is 2. The van der Waals surface area contributed by atoms with E-state index in [9.17, 15) is 9.90 Å². The highest BCUT2D eigenvalue weighted by Crippen LogP contribution is 2.25. The molecule has 114 valence electrons. The van der Waals surface area contributed by atoms with Crippen molar-refractivity contribution in [2.24, 2.45) is 0 Å². The summed E-state index contributed by atoms with van der Waals surface area (Å²) in [4.78, 5) is 16.1. The van der Waals surface area contributed by atoms with E-state index in [0.717, 1.165) is 42.9 Å². The monoisotopic (exact) mass is 290 g/mol. The van der Waals surface area contributed by atoms with E-state index in [1.54, 1.807) is 19.2 Å². The van der Waals surface area contributed by atoms with Crippen molar-refractivity contribution >= 4 is 17.0 Å². The molecule has 0 aliphatic heterocycles. The van der Waals surface area contributed by atoms with Gasteiger partial charge in [-0.25, -0.2) is 9.78 Å². The highest BCUT2D eigenvalue weighted by Gasteiger charge is 2.18. The number of methoxy groups -OCH3 is 1. The summed E-state index contributed by atoms with van der Waals surface area (Å²) in [5.41, 5.74) is 1.80. The summed E-state index contributed by atoms with van der Waals surface area (Å²) in [6, 6.07) is 5.26. The average Bonchev–Trinajstić information content (AvgIpc) is 2.82. The fourth-order valence-corrected chi connectivity index (χ4v) is 2.56. The number of carboxylic acid groups (broad SMARTS) is 1. The van der Waals surface area contributed by atoms with E-state index in [1.807, 2.05) is 6.07 Å². The van der Waals surface area contributed by atoms with Gasteiger partial charge in [-0.2, -0.15) is 0 Å². The Morgan fingerprint density at radius 2 is 2.14 bits per heavy atom. The lowest BCUT2D eigenvalue weighted by atomic mass is 10.1. The van der Waals surface area contributed by atoms with Crippen LogP contribution in [0.15, 0.2) is 18.2 Å². The second kappa shape index (κ2) is 6.72. The lowest BCUT2D eigenvalue weighted by Gasteiger charge is -2.12. The smallest absolute Gasteiger partial charge is 0.337 e. The van der Waals surface area contributed by atoms with Gasteiger partial charge in [0.25, 0.3) is 0 Å². The van der Waals surface area contributed by atoms with Gasteiger partial charge in [-0.05, 0) is 25.0 Å². The van der Waals surface area contributed by atoms with E-state index in [-0.39, 0.29) is 5.92 Å². The van der Waals surface area contributed by atoms with Crippen LogP contribution in [-0.4, -0.2) is 34.3 Å². The Balaban J connectivity index is 2.47. The zero-order valence-electron chi connectivity index (χ0n) is 12.8. The minimum Gasteiger partial charge on any atom is -0.478 e. The lowest BCUT2D eigenvalue weighted by Crippen LogP contribution is -2.09. The van der Waals surface area contributed by atoms with E-state index in [4.69, 9.17) is 4.74 Å². The van der Waals surface area contributed by atoms with Gasteiger partial charge in [0.2, 0.25) is 0 Å². The molecule has 0 aliphatic carbocycles. The van der Waals surface area contributed by atoms with Gasteiger partial charge in [0.1, 0.15) is 5.82 Å². The molecule has 0 fully saturated rings. The first-order valence-electron chi connectivity index (χ1n) is 7.27. The Kier molecular flexibility index (Phi) is 4.96. The molecule has 0 saturated heterocycles. The zero-order chi connectivity index (χ0) is 15.4. The maximum absolute atomic E-state index is 11.5. The second-order valence-corrected chi connectivity index (χ2v) is 5.45. The fraction of sp³-hybridized carbons (Fsp3) is 0.500. The number of rotatable bonds is 7. The third-order valence-electron chi connectivity index (χ3n) is 3.52. The standard InChI is InChI=1S/C16H22N2O3/c1-11(2)15-17-13-8-6-7-12(16(19)20)14(13)18(15)9-4-5-10-21-3/h6-8,11H,4-5,9-10H2,1-3H3,(H,19,20). The highest BCUT2D eigenvalue weighted by atomic mass is 16.5. The van der Waals surface area contributed by atoms with Crippen molar-refractivity contribution in [1.82, 2.24) is 9.55 Å². The first-order valence-corrected chi connectivity index (χ1v) is 7.27. The van der Waals surface area contributed by atoms with Crippen LogP contribution in [0.5, 0.6) is 0 Å². The quantitative estimate of drug-likeness (QED) is 0.795. The maximum atomic E-state index is 11.5. The summed E-state index contributed by atoms with van der Waals surface area (Å²) < 4.78 is 7.12. The van der Waals surface area contributed by atoms with Gasteiger partial charge in [0, 0.05) is 26.2 Å². The number of aryl methyl sites for hydroxylation is 1. The van der Waals surface area contributed by atoms with Crippen molar-refractivity contribution in [2.45, 2.75) is 39.2 Å². The Labute approximate surface area is 124 Å². The maximum Gasteiger partial charge on any atom is 0.337 e. The fourth-order valence-electron chi connectivity index (χ4n) is 2.56. The Morgan fingerprint density at radius 3 is 2.76 bits per heavy atom. The van der Waals surface area contributed by atoms with E-state index < -0.39 is 5.97 Å². The van der Waals surface area contributed by atoms with Gasteiger partial charge >= 0.3 is 5.97 Å². The van der Waals surface area contributed by atoms with Crippen LogP contribution in [0.25, 0.3) is 11.0 Å². The van der Waals surface area contributed by atoms with Gasteiger partial charge in [-0.1, -0.05) is 19.9 Å². The molecular formula is C16H22N2O3. The Morgan fingerprint density at radius 1 is 1.38 bits per heavy atom. The minimum absolute atomic E-state index is 0.251. The molecule has 0 radical (unpaired) electrons. The highest BCUT2D eigenvalue weighted by molar-refractivity contribution is 6.01. The average molecular weight is 290 g/mol. The molecule has 0 amide bonds. The molecule has 2 rings (SSSR count). The van der Waals surface area contributed by atoms with Crippen molar-refractivity contribution in [2.75, 3.05) is 13.7 Å². The third kappa shape index (κ3) is 3.24. The van der Waals surface area contributed by atoms with Crippen LogP contribution in [0.4, 0.5) is 0 Å². The number of unbranched alkanes of at least 4 members (excludes halogenated alkanes) is 1. The Bertz CT molecular complexity index is 632. The van der Waals surface area contributed by atoms with Crippen LogP contribution in [0, 0.1) is 0 Å². The number of benzene rings is 1. The number of carbonyl (C=O) groups is 1. The molecule has 21 heavy (non-hydrogen) atoms. The first kappa shape index (κ1) is 15.5. The van der Waals surface area contributed by atoms with E-state index >= 15 is 0 Å². The van der Waals surface area contributed by atoms with Crippen molar-refractivity contribution in [3.63, 3.8) is 0 Å². The van der Waals surface area contributed by atoms with Crippen molar-refractivity contribution in [1.29, 1.82) is 0 Å². The summed E-state index contributed by atoms with van der Waals surface area (Å²) >= 11 is 0. The molecule has 1 aromatic heterocycles. The number of hydrogen-bond donors (Lipinski definition) is 1. The number of ether oxygens (including phenoxy) is 1. The van der Waals surface area contributed by atoms with E-state index in [2.05, 4.69) is 23.4 Å². The van der Waals surface area contributed by atoms with Crippen molar-refractivity contribution in [3.8, 4) is 0 Å². The van der Waals surface area contributed by atoms with Crippen LogP contribution in [0.1, 0.15) is 48.8 Å². The molecule has 0 aliphatic rings. The molecule has 0 atom stereocenters. The largest absolute Gasteiger partial charge is 0.478 e. The minimum atomic E-state index is -0.908. The molecule has 1 heterocycles. The van der Waals surface area contributed by atoms with E-state index in [0.29, 0.717) is 5.56 Å². The van der Waals surface area contributed by atoms with Crippen LogP contribution >= 0.6 is 0 Å². The molecule has 0 bridgehead atoms. The molecule has 5 nitrogen and oxygen atoms in total. The predicted molar refractivity (Wildman–Crippen MR) is 81.9 cm³/mol. The van der Waals surface area contributed by atoms with Crippen LogP contribution < -0.4 is 0 Å². The molecule has 1 aromatic carbocycles. The summed E-state index contributed by atoms with van der Waals surface area (Å²) in [7, 11) is 1.69. The topological polar surface area (TPSA) is 64.4 Å². The number of hydrogen-bond acceptors (Lipinski definition) is 3. The number of imidazole rings is 1. The van der Waals surface area contributed by atoms with Gasteiger partial charge in [0.05, 0.1) is 16.6 Å². The molecule has 0 spiro atoms. The lowest BCUT2D eigenvalue weighted by molar-refractivity contribution is 0.0698. The van der Waals surface area contributed by atoms with Gasteiger partial charge in [-0.15, -0.1) is 0 Å². The van der Waals surface area contributed by atoms with Crippen molar-refractivity contribution < 1.29 is 14.6 Å². The normalized spacial score (nSPS) is 11.4. The number of nitrogens with zero attached hydrogens (tertiary/aromatic N) is 2. The van der Waals surface area contributed by atoms with Gasteiger partial charge < -0.3 is 14.4 Å². The van der Waals surface area contributed by atoms with Gasteiger partial charge in [0.15, 0.2) is 0 Å². The third-order valence-corrected chi connectivity index (χ3v) is 3.52. The SMILES string of the molecule is COCCCCn1c(C(C)C)nc2cccc(C(=O)O)c21. The second-order valence-electron chi connectivity index (χ2n) is 5.45. The van der Waals surface area contributed by atoms with Crippen molar-refractivity contribution in [3.05, 3.63) is 29.6 Å². The van der Waals surface area contributed by atoms with E-state index in [1.165, 1.54) is 0 Å². The Hall–Kier alpha value is -1.88. The summed E-state index contributed by atoms with van der Waals surface area (Å²) in [6.45, 7) is 5.63. The molecular weight excluding hydrogens is 268 g/mol. The first-order chi connectivity index (χ1) is 10.1. The molecule has 0 saturated carbocycles. The molecule has 0 unspecified atom stereocenters. The predicted octanol–water partition coefficient (Wildman–Crippen LogP) is 3.28. The van der Waals surface area contributed by atoms with Crippen LogP contribution in [0.3, 0.4) is 0 Å². The van der Waals surface area contributed by atoms with Crippen LogP contribution in [0.2, 0.25) is 0 Å². The summed E-state index contributed by atoms with van der Waals surface area (Å²) in [5.74, 6) is 0.284. The molecule has 5 heteroatoms. The summed E-state index contributed by atoms with van der Waals surface area (Å²) in [5, 5.41) is 9.40. The van der Waals surface area contributed by atoms with Gasteiger partial charge in [-0.3, -0.25) is 0 Å². The number of para-hydroxylation sites is 1. The van der Waals surface area contributed by atoms with Crippen LogP contribution in [-0.2, 0) is 11.3 Å². The number of aromatic carboxylic acids is 1. The molecule has 2 aromatic rings. The number of fused-ring (bicyclic) bond motifs is 1. The number of carboxylic acids is 1.